The van der Waals surface area contributed by atoms with Gasteiger partial charge in [-0.15, -0.1) is 0 Å². The largest absolute Gasteiger partial charge is 0.320 e. The molecule has 1 amide bonds. The van der Waals surface area contributed by atoms with Crippen molar-refractivity contribution in [2.45, 2.75) is 13.3 Å². The van der Waals surface area contributed by atoms with Crippen LogP contribution in [-0.2, 0) is 6.42 Å². The molecule has 0 radical (unpaired) electrons. The van der Waals surface area contributed by atoms with Crippen molar-refractivity contribution in [3.8, 4) is 0 Å². The van der Waals surface area contributed by atoms with E-state index < -0.39 is 10.8 Å². The molecule has 0 unspecified atom stereocenters. The number of hydrogen-bond donors (Lipinski definition) is 2. The van der Waals surface area contributed by atoms with Crippen molar-refractivity contribution in [2.75, 3.05) is 5.32 Å². The quantitative estimate of drug-likeness (QED) is 0.639. The molecule has 0 fully saturated rings. The molecule has 0 aliphatic heterocycles. The fraction of sp³-hybridized carbons (Fsp3) is 0.182. The fourth-order valence-corrected chi connectivity index (χ4v) is 1.62. The Morgan fingerprint density at radius 2 is 2.32 bits per heavy atom. The molecule has 8 heteroatoms. The minimum atomic E-state index is -0.479. The normalized spacial score (nSPS) is 10.2. The highest BCUT2D eigenvalue weighted by Gasteiger charge is 2.15. The van der Waals surface area contributed by atoms with Gasteiger partial charge in [0.2, 0.25) is 0 Å². The number of aromatic amines is 1. The van der Waals surface area contributed by atoms with Crippen LogP contribution in [0.5, 0.6) is 0 Å². The number of aromatic nitrogens is 3. The number of hydrogen-bond acceptors (Lipinski definition) is 5. The zero-order valence-electron chi connectivity index (χ0n) is 10.1. The summed E-state index contributed by atoms with van der Waals surface area (Å²) in [7, 11) is 0. The third-order valence-corrected chi connectivity index (χ3v) is 2.57. The number of nitro benzene ring substituents is 1. The van der Waals surface area contributed by atoms with E-state index in [0.717, 1.165) is 0 Å². The average Bonchev–Trinajstić information content (AvgIpc) is 2.92. The lowest BCUT2D eigenvalue weighted by Gasteiger charge is -2.05. The number of nitro groups is 1. The molecule has 1 aromatic heterocycles. The Labute approximate surface area is 108 Å². The molecule has 0 saturated heterocycles. The van der Waals surface area contributed by atoms with Gasteiger partial charge < -0.3 is 5.32 Å². The number of nitrogens with zero attached hydrogens (tertiary/aromatic N) is 3. The molecule has 0 bridgehead atoms. The van der Waals surface area contributed by atoms with Crippen LogP contribution >= 0.6 is 0 Å². The summed E-state index contributed by atoms with van der Waals surface area (Å²) in [6, 6.07) is 4.57. The van der Waals surface area contributed by atoms with Crippen molar-refractivity contribution in [3.63, 3.8) is 0 Å². The predicted molar refractivity (Wildman–Crippen MR) is 66.8 cm³/mol. The molecule has 19 heavy (non-hydrogen) atoms. The van der Waals surface area contributed by atoms with Crippen LogP contribution in [0, 0.1) is 10.1 Å². The van der Waals surface area contributed by atoms with Gasteiger partial charge in [0.25, 0.3) is 11.6 Å². The van der Waals surface area contributed by atoms with Crippen LogP contribution in [0.25, 0.3) is 0 Å². The molecule has 0 spiro atoms. The Kier molecular flexibility index (Phi) is 3.51. The van der Waals surface area contributed by atoms with Gasteiger partial charge in [-0.25, -0.2) is 0 Å². The van der Waals surface area contributed by atoms with E-state index in [9.17, 15) is 14.9 Å². The maximum Gasteiger partial charge on any atom is 0.277 e. The first-order valence-corrected chi connectivity index (χ1v) is 5.56. The van der Waals surface area contributed by atoms with Gasteiger partial charge in [-0.1, -0.05) is 13.0 Å². The Morgan fingerprint density at radius 3 is 2.89 bits per heavy atom. The van der Waals surface area contributed by atoms with Crippen LogP contribution in [0.2, 0.25) is 0 Å². The zero-order chi connectivity index (χ0) is 13.8. The third-order valence-electron chi connectivity index (χ3n) is 2.57. The summed E-state index contributed by atoms with van der Waals surface area (Å²) >= 11 is 0. The minimum Gasteiger partial charge on any atom is -0.320 e. The number of nitrogens with one attached hydrogen (secondary N) is 2. The molecule has 1 aromatic carbocycles. The maximum atomic E-state index is 11.7. The van der Waals surface area contributed by atoms with Crippen molar-refractivity contribution < 1.29 is 9.72 Å². The first kappa shape index (κ1) is 12.7. The molecule has 8 nitrogen and oxygen atoms in total. The van der Waals surface area contributed by atoms with Gasteiger partial charge in [0.1, 0.15) is 0 Å². The number of H-pyrrole nitrogens is 1. The van der Waals surface area contributed by atoms with E-state index in [1.807, 2.05) is 6.92 Å². The maximum absolute atomic E-state index is 11.7. The van der Waals surface area contributed by atoms with Crippen LogP contribution in [0.3, 0.4) is 0 Å². The molecule has 0 aliphatic carbocycles. The van der Waals surface area contributed by atoms with Gasteiger partial charge in [0, 0.05) is 17.3 Å². The van der Waals surface area contributed by atoms with Crippen LogP contribution < -0.4 is 5.32 Å². The second kappa shape index (κ2) is 5.25. The smallest absolute Gasteiger partial charge is 0.277 e. The second-order valence-electron chi connectivity index (χ2n) is 3.76. The van der Waals surface area contributed by atoms with Crippen LogP contribution in [-0.4, -0.2) is 26.2 Å². The van der Waals surface area contributed by atoms with E-state index in [1.54, 1.807) is 12.1 Å². The van der Waals surface area contributed by atoms with Crippen LogP contribution in [0.15, 0.2) is 24.4 Å². The van der Waals surface area contributed by atoms with Gasteiger partial charge in [0.15, 0.2) is 5.69 Å². The molecule has 0 atom stereocenters. The van der Waals surface area contributed by atoms with E-state index in [1.165, 1.54) is 12.3 Å². The molecule has 2 aromatic rings. The molecule has 2 rings (SSSR count). The molecule has 98 valence electrons. The molecule has 2 N–H and O–H groups in total. The number of anilines is 1. The van der Waals surface area contributed by atoms with Gasteiger partial charge in [-0.3, -0.25) is 14.9 Å². The standard InChI is InChI=1S/C11H11N5O3/c1-2-7-3-4-8(5-10(7)16(18)19)13-11(17)9-6-12-15-14-9/h3-6H,2H2,1H3,(H,13,17)(H,12,14,15). The monoisotopic (exact) mass is 261 g/mol. The van der Waals surface area contributed by atoms with E-state index in [-0.39, 0.29) is 11.4 Å². The zero-order valence-corrected chi connectivity index (χ0v) is 10.1. The number of amides is 1. The van der Waals surface area contributed by atoms with Crippen molar-refractivity contribution in [2.24, 2.45) is 0 Å². The molecule has 0 aliphatic rings. The Bertz CT molecular complexity index is 609. The molecule has 1 heterocycles. The van der Waals surface area contributed by atoms with Crippen LogP contribution in [0.4, 0.5) is 11.4 Å². The summed E-state index contributed by atoms with van der Waals surface area (Å²) < 4.78 is 0. The Morgan fingerprint density at radius 1 is 1.53 bits per heavy atom. The molecule has 0 saturated carbocycles. The van der Waals surface area contributed by atoms with Crippen molar-refractivity contribution in [1.29, 1.82) is 0 Å². The number of rotatable bonds is 4. The van der Waals surface area contributed by atoms with Crippen molar-refractivity contribution in [1.82, 2.24) is 15.4 Å². The van der Waals surface area contributed by atoms with Crippen molar-refractivity contribution in [3.05, 3.63) is 45.8 Å². The van der Waals surface area contributed by atoms with E-state index >= 15 is 0 Å². The predicted octanol–water partition coefficient (Wildman–Crippen LogP) is 1.53. The van der Waals surface area contributed by atoms with E-state index in [2.05, 4.69) is 20.7 Å². The highest BCUT2D eigenvalue weighted by atomic mass is 16.6. The van der Waals surface area contributed by atoms with Crippen LogP contribution in [0.1, 0.15) is 23.0 Å². The van der Waals surface area contributed by atoms with Gasteiger partial charge >= 0.3 is 0 Å². The number of benzene rings is 1. The van der Waals surface area contributed by atoms with Crippen molar-refractivity contribution >= 4 is 17.3 Å². The highest BCUT2D eigenvalue weighted by Crippen LogP contribution is 2.23. The Hall–Kier alpha value is -2.77. The first-order chi connectivity index (χ1) is 9.11. The molecular weight excluding hydrogens is 250 g/mol. The topological polar surface area (TPSA) is 114 Å². The SMILES string of the molecule is CCc1ccc(NC(=O)c2cn[nH]n2)cc1[N+](=O)[O-]. The number of carbonyl (C=O) groups excluding carboxylic acids is 1. The van der Waals surface area contributed by atoms with Gasteiger partial charge in [-0.05, 0) is 12.5 Å². The van der Waals surface area contributed by atoms with E-state index in [4.69, 9.17) is 0 Å². The summed E-state index contributed by atoms with van der Waals surface area (Å²) in [5.41, 5.74) is 1.06. The summed E-state index contributed by atoms with van der Waals surface area (Å²) in [5, 5.41) is 22.9. The third kappa shape index (κ3) is 2.73. The van der Waals surface area contributed by atoms with E-state index in [0.29, 0.717) is 17.7 Å². The highest BCUT2D eigenvalue weighted by molar-refractivity contribution is 6.02. The summed E-state index contributed by atoms with van der Waals surface area (Å²) in [6.07, 6.45) is 1.82. The summed E-state index contributed by atoms with van der Waals surface area (Å²) in [4.78, 5) is 22.2. The Balaban J connectivity index is 2.24. The van der Waals surface area contributed by atoms with Gasteiger partial charge in [0.05, 0.1) is 11.1 Å². The lowest BCUT2D eigenvalue weighted by molar-refractivity contribution is -0.385. The lowest BCUT2D eigenvalue weighted by atomic mass is 10.1. The summed E-state index contributed by atoms with van der Waals surface area (Å²) in [5.74, 6) is -0.479. The lowest BCUT2D eigenvalue weighted by Crippen LogP contribution is -2.12. The van der Waals surface area contributed by atoms with Gasteiger partial charge in [-0.2, -0.15) is 15.4 Å². The fourth-order valence-electron chi connectivity index (χ4n) is 1.62. The average molecular weight is 261 g/mol. The molecular formula is C11H11N5O3. The number of aryl methyl sites for hydroxylation is 1. The second-order valence-corrected chi connectivity index (χ2v) is 3.76. The minimum absolute atomic E-state index is 0.0135. The first-order valence-electron chi connectivity index (χ1n) is 5.56. The summed E-state index contributed by atoms with van der Waals surface area (Å²) in [6.45, 7) is 1.83. The number of carbonyl (C=O) groups is 1.